The average molecular weight is 445 g/mol. The Balaban J connectivity index is 1.62. The van der Waals surface area contributed by atoms with Crippen LogP contribution in [0.1, 0.15) is 11.5 Å². The van der Waals surface area contributed by atoms with Gasteiger partial charge in [0, 0.05) is 24.9 Å². The number of halogens is 1. The molecule has 0 radical (unpaired) electrons. The van der Waals surface area contributed by atoms with E-state index in [-0.39, 0.29) is 12.3 Å². The Labute approximate surface area is 188 Å². The van der Waals surface area contributed by atoms with Gasteiger partial charge >= 0.3 is 0 Å². The van der Waals surface area contributed by atoms with E-state index < -0.39 is 5.82 Å². The van der Waals surface area contributed by atoms with E-state index in [2.05, 4.69) is 20.2 Å². The van der Waals surface area contributed by atoms with Crippen LogP contribution in [0, 0.1) is 12.7 Å². The third kappa shape index (κ3) is 3.98. The van der Waals surface area contributed by atoms with Crippen LogP contribution in [0.5, 0.6) is 5.75 Å². The van der Waals surface area contributed by atoms with Crippen molar-refractivity contribution in [2.45, 2.75) is 13.5 Å². The fraction of sp³-hybridized carbons (Fsp3) is 0.174. The number of rotatable bonds is 6. The van der Waals surface area contributed by atoms with Gasteiger partial charge in [-0.25, -0.2) is 14.4 Å². The second-order valence-electron chi connectivity index (χ2n) is 7.48. The average Bonchev–Trinajstić information content (AvgIpc) is 3.45. The molecule has 0 unspecified atom stereocenters. The quantitative estimate of drug-likeness (QED) is 0.384. The van der Waals surface area contributed by atoms with Crippen LogP contribution >= 0.6 is 0 Å². The summed E-state index contributed by atoms with van der Waals surface area (Å²) in [6.07, 6.45) is 5.24. The first-order valence-corrected chi connectivity index (χ1v) is 10.2. The van der Waals surface area contributed by atoms with Crippen molar-refractivity contribution in [2.24, 2.45) is 7.05 Å². The summed E-state index contributed by atoms with van der Waals surface area (Å²) in [6.45, 7) is 2.03. The fourth-order valence-electron chi connectivity index (χ4n) is 3.54. The molecule has 0 amide bonds. The van der Waals surface area contributed by atoms with Crippen molar-refractivity contribution in [3.63, 3.8) is 0 Å². The smallest absolute Gasteiger partial charge is 0.188 e. The summed E-state index contributed by atoms with van der Waals surface area (Å²) in [4.78, 5) is 15.5. The van der Waals surface area contributed by atoms with E-state index in [4.69, 9.17) is 14.2 Å². The molecule has 166 valence electrons. The zero-order valence-electron chi connectivity index (χ0n) is 18.2. The molecule has 0 saturated carbocycles. The van der Waals surface area contributed by atoms with Crippen LogP contribution in [0.2, 0.25) is 0 Å². The van der Waals surface area contributed by atoms with E-state index in [1.54, 1.807) is 65.3 Å². The molecule has 9 nitrogen and oxygen atoms in total. The van der Waals surface area contributed by atoms with Gasteiger partial charge in [-0.3, -0.25) is 9.67 Å². The minimum atomic E-state index is -0.502. The maximum Gasteiger partial charge on any atom is 0.188 e. The van der Waals surface area contributed by atoms with Crippen molar-refractivity contribution >= 4 is 22.7 Å². The molecule has 0 saturated heterocycles. The van der Waals surface area contributed by atoms with Crippen molar-refractivity contribution in [3.05, 3.63) is 72.3 Å². The minimum absolute atomic E-state index is 0.133. The summed E-state index contributed by atoms with van der Waals surface area (Å²) in [7, 11) is 3.26. The van der Waals surface area contributed by atoms with Gasteiger partial charge in [-0.15, -0.1) is 0 Å². The maximum atomic E-state index is 15.2. The third-order valence-electron chi connectivity index (χ3n) is 5.12. The summed E-state index contributed by atoms with van der Waals surface area (Å²) in [6, 6.07) is 10.3. The molecule has 0 aliphatic carbocycles. The lowest BCUT2D eigenvalue weighted by Crippen LogP contribution is -2.19. The zero-order chi connectivity index (χ0) is 22.9. The van der Waals surface area contributed by atoms with Crippen molar-refractivity contribution < 1.29 is 13.7 Å². The van der Waals surface area contributed by atoms with E-state index in [1.807, 2.05) is 13.2 Å². The largest absolute Gasteiger partial charge is 0.494 e. The third-order valence-corrected chi connectivity index (χ3v) is 5.12. The van der Waals surface area contributed by atoms with Crippen LogP contribution in [0.4, 0.5) is 15.9 Å². The molecule has 4 aromatic heterocycles. The molecular weight excluding hydrogens is 425 g/mol. The molecule has 1 aromatic carbocycles. The topological polar surface area (TPSA) is 95.0 Å². The van der Waals surface area contributed by atoms with E-state index in [1.165, 1.54) is 7.11 Å². The highest BCUT2D eigenvalue weighted by molar-refractivity contribution is 5.76. The molecule has 0 fully saturated rings. The number of fused-ring (bicyclic) bond motifs is 1. The van der Waals surface area contributed by atoms with Crippen molar-refractivity contribution in [3.8, 4) is 17.0 Å². The van der Waals surface area contributed by atoms with Gasteiger partial charge in [0.15, 0.2) is 17.2 Å². The van der Waals surface area contributed by atoms with E-state index >= 15 is 4.39 Å². The van der Waals surface area contributed by atoms with Gasteiger partial charge in [-0.1, -0.05) is 11.2 Å². The Morgan fingerprint density at radius 3 is 2.76 bits per heavy atom. The van der Waals surface area contributed by atoms with E-state index in [0.717, 1.165) is 5.56 Å². The van der Waals surface area contributed by atoms with Crippen LogP contribution in [-0.2, 0) is 13.6 Å². The van der Waals surface area contributed by atoms with E-state index in [0.29, 0.717) is 39.8 Å². The Morgan fingerprint density at radius 2 is 2.03 bits per heavy atom. The molecule has 0 spiro atoms. The Morgan fingerprint density at radius 1 is 1.15 bits per heavy atom. The molecule has 10 heteroatoms. The number of benzene rings is 1. The Hall–Kier alpha value is -4.34. The zero-order valence-corrected chi connectivity index (χ0v) is 18.2. The van der Waals surface area contributed by atoms with Crippen LogP contribution in [0.25, 0.3) is 22.4 Å². The summed E-state index contributed by atoms with van der Waals surface area (Å²) < 4.78 is 27.3. The molecule has 0 N–H and O–H groups in total. The van der Waals surface area contributed by atoms with Gasteiger partial charge in [-0.05, 0) is 31.2 Å². The first-order chi connectivity index (χ1) is 16.0. The standard InChI is InChI=1S/C23H20FN7O2/c1-14-9-16(29-33-14)13-31(19-5-4-6-20(32-3)22(19)24)21-8-7-17-23(28-21)27-18(11-25-17)15-10-26-30(2)12-15/h4-12H,13H2,1-3H3. The van der Waals surface area contributed by atoms with Gasteiger partial charge in [-0.2, -0.15) is 5.10 Å². The van der Waals surface area contributed by atoms with Crippen LogP contribution in [0.15, 0.2) is 59.5 Å². The molecular formula is C23H20FN7O2. The molecule has 4 heterocycles. The molecule has 5 rings (SSSR count). The van der Waals surface area contributed by atoms with Crippen molar-refractivity contribution in [1.29, 1.82) is 0 Å². The number of methoxy groups -OCH3 is 1. The molecule has 0 atom stereocenters. The Kier molecular flexibility index (Phi) is 5.17. The van der Waals surface area contributed by atoms with Crippen molar-refractivity contribution in [1.82, 2.24) is 29.9 Å². The molecule has 0 aliphatic rings. The van der Waals surface area contributed by atoms with Crippen LogP contribution in [0.3, 0.4) is 0 Å². The van der Waals surface area contributed by atoms with E-state index in [9.17, 15) is 0 Å². The lowest BCUT2D eigenvalue weighted by atomic mass is 10.2. The molecule has 0 aliphatic heterocycles. The highest BCUT2D eigenvalue weighted by Crippen LogP contribution is 2.33. The molecule has 0 bridgehead atoms. The monoisotopic (exact) mass is 445 g/mol. The highest BCUT2D eigenvalue weighted by atomic mass is 19.1. The van der Waals surface area contributed by atoms with Crippen LogP contribution in [-0.4, -0.2) is 37.0 Å². The predicted octanol–water partition coefficient (Wildman–Crippen LogP) is 4.21. The summed E-state index contributed by atoms with van der Waals surface area (Å²) in [5.74, 6) is 0.771. The first kappa shape index (κ1) is 20.6. The predicted molar refractivity (Wildman–Crippen MR) is 120 cm³/mol. The number of nitrogens with zero attached hydrogens (tertiary/aromatic N) is 7. The normalized spacial score (nSPS) is 11.2. The number of aryl methyl sites for hydroxylation is 2. The maximum absolute atomic E-state index is 15.2. The molecule has 5 aromatic rings. The highest BCUT2D eigenvalue weighted by Gasteiger charge is 2.21. The summed E-state index contributed by atoms with van der Waals surface area (Å²) in [5.41, 5.74) is 3.44. The summed E-state index contributed by atoms with van der Waals surface area (Å²) in [5, 5.41) is 8.25. The van der Waals surface area contributed by atoms with Gasteiger partial charge < -0.3 is 14.2 Å². The number of ether oxygens (including phenoxy) is 1. The van der Waals surface area contributed by atoms with Gasteiger partial charge in [0.05, 0.1) is 37.4 Å². The lowest BCUT2D eigenvalue weighted by Gasteiger charge is -2.24. The minimum Gasteiger partial charge on any atom is -0.494 e. The second-order valence-corrected chi connectivity index (χ2v) is 7.48. The van der Waals surface area contributed by atoms with Crippen molar-refractivity contribution in [2.75, 3.05) is 12.0 Å². The number of hydrogen-bond acceptors (Lipinski definition) is 8. The number of hydrogen-bond donors (Lipinski definition) is 0. The number of anilines is 2. The fourth-order valence-corrected chi connectivity index (χ4v) is 3.54. The Bertz CT molecular complexity index is 1450. The number of aromatic nitrogens is 6. The second kappa shape index (κ2) is 8.30. The lowest BCUT2D eigenvalue weighted by molar-refractivity contribution is 0.386. The number of pyridine rings is 1. The van der Waals surface area contributed by atoms with Gasteiger partial charge in [0.1, 0.15) is 22.8 Å². The SMILES string of the molecule is COc1cccc(N(Cc2cc(C)on2)c2ccc3ncc(-c4cnn(C)c4)nc3n2)c1F. The summed E-state index contributed by atoms with van der Waals surface area (Å²) >= 11 is 0. The first-order valence-electron chi connectivity index (χ1n) is 10.2. The van der Waals surface area contributed by atoms with Gasteiger partial charge in [0.25, 0.3) is 0 Å². The molecule has 33 heavy (non-hydrogen) atoms. The van der Waals surface area contributed by atoms with Crippen LogP contribution < -0.4 is 9.64 Å². The van der Waals surface area contributed by atoms with Gasteiger partial charge in [0.2, 0.25) is 0 Å².